The normalized spacial score (nSPS) is 11.1. The molecule has 0 aliphatic heterocycles. The molecule has 0 aliphatic rings. The Balaban J connectivity index is 2.12. The maximum absolute atomic E-state index is 11.1. The highest BCUT2D eigenvalue weighted by atomic mass is 35.5. The third-order valence-electron chi connectivity index (χ3n) is 2.88. The van der Waals surface area contributed by atoms with Crippen molar-refractivity contribution in [3.8, 4) is 0 Å². The van der Waals surface area contributed by atoms with Gasteiger partial charge < -0.3 is 9.09 Å². The van der Waals surface area contributed by atoms with E-state index in [0.717, 1.165) is 17.2 Å². The van der Waals surface area contributed by atoms with Gasteiger partial charge in [-0.05, 0) is 12.1 Å². The number of hydrogen-bond donors (Lipinski definition) is 0. The van der Waals surface area contributed by atoms with E-state index < -0.39 is 0 Å². The molecule has 0 saturated carbocycles. The van der Waals surface area contributed by atoms with Crippen molar-refractivity contribution in [3.63, 3.8) is 0 Å². The lowest BCUT2D eigenvalue weighted by molar-refractivity contribution is 0.112. The molecule has 3 rings (SSSR count). The van der Waals surface area contributed by atoms with E-state index in [-0.39, 0.29) is 0 Å². The van der Waals surface area contributed by atoms with E-state index in [1.807, 2.05) is 16.7 Å². The minimum absolute atomic E-state index is 0.433. The number of rotatable bonds is 3. The molecule has 0 radical (unpaired) electrons. The second-order valence-electron chi connectivity index (χ2n) is 4.22. The standard InChI is InChI=1S/C13H10ClN3O2/c1-8-15-13(16-19-8)6-17-5-9(7-18)11-3-2-10(14)4-12(11)17/h2-5,7H,6H2,1H3. The van der Waals surface area contributed by atoms with Crippen LogP contribution >= 0.6 is 11.6 Å². The van der Waals surface area contributed by atoms with E-state index in [1.54, 1.807) is 19.2 Å². The Hall–Kier alpha value is -2.14. The summed E-state index contributed by atoms with van der Waals surface area (Å²) < 4.78 is 6.82. The number of aryl methyl sites for hydroxylation is 1. The number of fused-ring (bicyclic) bond motifs is 1. The lowest BCUT2D eigenvalue weighted by atomic mass is 10.2. The van der Waals surface area contributed by atoms with Gasteiger partial charge in [0.2, 0.25) is 5.89 Å². The third-order valence-corrected chi connectivity index (χ3v) is 3.12. The van der Waals surface area contributed by atoms with Crippen molar-refractivity contribution in [3.05, 3.63) is 46.7 Å². The summed E-state index contributed by atoms with van der Waals surface area (Å²) in [5.74, 6) is 1.08. The maximum Gasteiger partial charge on any atom is 0.223 e. The van der Waals surface area contributed by atoms with E-state index in [9.17, 15) is 4.79 Å². The summed E-state index contributed by atoms with van der Waals surface area (Å²) in [6.07, 6.45) is 2.59. The van der Waals surface area contributed by atoms with Crippen LogP contribution in [0.4, 0.5) is 0 Å². The molecule has 0 fully saturated rings. The quantitative estimate of drug-likeness (QED) is 0.690. The highest BCUT2D eigenvalue weighted by molar-refractivity contribution is 6.31. The average Bonchev–Trinajstić information content (AvgIpc) is 2.94. The van der Waals surface area contributed by atoms with Crippen LogP contribution in [0, 0.1) is 6.92 Å². The Kier molecular flexibility index (Phi) is 2.83. The van der Waals surface area contributed by atoms with Crippen molar-refractivity contribution in [2.75, 3.05) is 0 Å². The van der Waals surface area contributed by atoms with Crippen LogP contribution in [0.5, 0.6) is 0 Å². The highest BCUT2D eigenvalue weighted by Gasteiger charge is 2.11. The van der Waals surface area contributed by atoms with Gasteiger partial charge in [-0.1, -0.05) is 22.8 Å². The molecule has 19 heavy (non-hydrogen) atoms. The topological polar surface area (TPSA) is 60.9 Å². The maximum atomic E-state index is 11.1. The minimum Gasteiger partial charge on any atom is -0.340 e. The number of halogens is 1. The lowest BCUT2D eigenvalue weighted by Crippen LogP contribution is -1.99. The smallest absolute Gasteiger partial charge is 0.223 e. The van der Waals surface area contributed by atoms with Gasteiger partial charge in [0.25, 0.3) is 0 Å². The molecule has 0 spiro atoms. The molecule has 0 unspecified atom stereocenters. The summed E-state index contributed by atoms with van der Waals surface area (Å²) in [6, 6.07) is 5.41. The molecule has 96 valence electrons. The van der Waals surface area contributed by atoms with Crippen LogP contribution in [0.2, 0.25) is 5.02 Å². The summed E-state index contributed by atoms with van der Waals surface area (Å²) in [5.41, 5.74) is 1.49. The van der Waals surface area contributed by atoms with Gasteiger partial charge in [-0.3, -0.25) is 4.79 Å². The van der Waals surface area contributed by atoms with Crippen LogP contribution in [0.15, 0.2) is 28.9 Å². The van der Waals surface area contributed by atoms with Gasteiger partial charge in [-0.15, -0.1) is 0 Å². The first-order valence-electron chi connectivity index (χ1n) is 5.70. The Morgan fingerprint density at radius 3 is 3.00 bits per heavy atom. The molecule has 0 aliphatic carbocycles. The zero-order chi connectivity index (χ0) is 13.4. The summed E-state index contributed by atoms with van der Waals surface area (Å²) in [6.45, 7) is 2.17. The first-order chi connectivity index (χ1) is 9.17. The molecule has 0 atom stereocenters. The molecule has 6 heteroatoms. The van der Waals surface area contributed by atoms with Crippen LogP contribution in [0.1, 0.15) is 22.1 Å². The summed E-state index contributed by atoms with van der Waals surface area (Å²) >= 11 is 6.00. The predicted octanol–water partition coefficient (Wildman–Crippen LogP) is 2.85. The third kappa shape index (κ3) is 2.13. The second-order valence-corrected chi connectivity index (χ2v) is 4.66. The van der Waals surface area contributed by atoms with Crippen molar-refractivity contribution in [2.45, 2.75) is 13.5 Å². The number of nitrogens with zero attached hydrogens (tertiary/aromatic N) is 3. The minimum atomic E-state index is 0.433. The molecule has 2 aromatic heterocycles. The number of aldehydes is 1. The van der Waals surface area contributed by atoms with Crippen LogP contribution in [-0.2, 0) is 6.54 Å². The van der Waals surface area contributed by atoms with Crippen molar-refractivity contribution in [1.29, 1.82) is 0 Å². The molecule has 3 aromatic rings. The molecule has 0 N–H and O–H groups in total. The molecule has 0 saturated heterocycles. The van der Waals surface area contributed by atoms with Gasteiger partial charge in [0.05, 0.1) is 12.1 Å². The van der Waals surface area contributed by atoms with Gasteiger partial charge >= 0.3 is 0 Å². The Morgan fingerprint density at radius 1 is 1.47 bits per heavy atom. The number of benzene rings is 1. The molecular weight excluding hydrogens is 266 g/mol. The van der Waals surface area contributed by atoms with Crippen molar-refractivity contribution >= 4 is 28.8 Å². The van der Waals surface area contributed by atoms with Crippen LogP contribution in [0.3, 0.4) is 0 Å². The average molecular weight is 276 g/mol. The first-order valence-corrected chi connectivity index (χ1v) is 6.08. The van der Waals surface area contributed by atoms with Crippen molar-refractivity contribution in [2.24, 2.45) is 0 Å². The Bertz CT molecular complexity index is 760. The van der Waals surface area contributed by atoms with Crippen LogP contribution in [-0.4, -0.2) is 21.0 Å². The number of carbonyl (C=O) groups is 1. The van der Waals surface area contributed by atoms with Crippen LogP contribution in [0.25, 0.3) is 10.9 Å². The first kappa shape index (κ1) is 11.9. The van der Waals surface area contributed by atoms with Gasteiger partial charge in [-0.25, -0.2) is 0 Å². The Labute approximate surface area is 113 Å². The fourth-order valence-electron chi connectivity index (χ4n) is 2.08. The van der Waals surface area contributed by atoms with E-state index in [4.69, 9.17) is 16.1 Å². The van der Waals surface area contributed by atoms with Gasteiger partial charge in [-0.2, -0.15) is 4.98 Å². The zero-order valence-electron chi connectivity index (χ0n) is 10.1. The molecule has 0 bridgehead atoms. The summed E-state index contributed by atoms with van der Waals surface area (Å²) in [5, 5.41) is 5.33. The van der Waals surface area contributed by atoms with Gasteiger partial charge in [0.1, 0.15) is 0 Å². The van der Waals surface area contributed by atoms with Gasteiger partial charge in [0.15, 0.2) is 12.1 Å². The number of hydrogen-bond acceptors (Lipinski definition) is 4. The zero-order valence-corrected chi connectivity index (χ0v) is 10.9. The number of aromatic nitrogens is 3. The van der Waals surface area contributed by atoms with E-state index in [2.05, 4.69) is 10.1 Å². The van der Waals surface area contributed by atoms with E-state index >= 15 is 0 Å². The molecular formula is C13H10ClN3O2. The van der Waals surface area contributed by atoms with Crippen molar-refractivity contribution < 1.29 is 9.32 Å². The van der Waals surface area contributed by atoms with Crippen LogP contribution < -0.4 is 0 Å². The molecule has 5 nitrogen and oxygen atoms in total. The van der Waals surface area contributed by atoms with E-state index in [0.29, 0.717) is 28.8 Å². The monoisotopic (exact) mass is 275 g/mol. The summed E-state index contributed by atoms with van der Waals surface area (Å²) in [7, 11) is 0. The summed E-state index contributed by atoms with van der Waals surface area (Å²) in [4.78, 5) is 15.2. The van der Waals surface area contributed by atoms with Gasteiger partial charge in [0, 0.05) is 29.1 Å². The SMILES string of the molecule is Cc1nc(Cn2cc(C=O)c3ccc(Cl)cc32)no1. The lowest BCUT2D eigenvalue weighted by Gasteiger charge is -2.01. The highest BCUT2D eigenvalue weighted by Crippen LogP contribution is 2.24. The molecule has 2 heterocycles. The fraction of sp³-hybridized carbons (Fsp3) is 0.154. The predicted molar refractivity (Wildman–Crippen MR) is 70.5 cm³/mol. The Morgan fingerprint density at radius 2 is 2.32 bits per heavy atom. The largest absolute Gasteiger partial charge is 0.340 e. The fourth-order valence-corrected chi connectivity index (χ4v) is 2.24. The number of carbonyl (C=O) groups excluding carboxylic acids is 1. The van der Waals surface area contributed by atoms with E-state index in [1.165, 1.54) is 0 Å². The molecule has 0 amide bonds. The van der Waals surface area contributed by atoms with Crippen molar-refractivity contribution in [1.82, 2.24) is 14.7 Å². The molecule has 1 aromatic carbocycles. The second kappa shape index (κ2) is 4.51.